The molecule has 12 nitrogen and oxygen atoms in total. The van der Waals surface area contributed by atoms with Crippen LogP contribution in [0.1, 0.15) is 56.3 Å². The van der Waals surface area contributed by atoms with E-state index in [2.05, 4.69) is 91.5 Å². The van der Waals surface area contributed by atoms with Crippen LogP contribution in [-0.4, -0.2) is 124 Å². The van der Waals surface area contributed by atoms with Crippen LogP contribution in [-0.2, 0) is 55.1 Å². The van der Waals surface area contributed by atoms with Gasteiger partial charge in [0.25, 0.3) is 0 Å². The second-order valence-corrected chi connectivity index (χ2v) is 22.0. The van der Waals surface area contributed by atoms with Gasteiger partial charge in [-0.1, -0.05) is 94.9 Å². The number of fused-ring (bicyclic) bond motifs is 2. The summed E-state index contributed by atoms with van der Waals surface area (Å²) in [6.45, 7) is 10.9. The minimum absolute atomic E-state index is 0.0604. The maximum absolute atomic E-state index is 13.2. The summed E-state index contributed by atoms with van der Waals surface area (Å²) in [5.74, 6) is 0.148. The molecule has 18 heteroatoms. The molecule has 0 aromatic heterocycles. The normalized spacial score (nSPS) is 16.4. The zero-order chi connectivity index (χ0) is 49.3. The molecule has 2 aliphatic rings. The van der Waals surface area contributed by atoms with Crippen molar-refractivity contribution in [1.82, 2.24) is 29.9 Å². The van der Waals surface area contributed by atoms with Crippen molar-refractivity contribution >= 4 is 68.4 Å². The van der Waals surface area contributed by atoms with Crippen molar-refractivity contribution < 1.29 is 27.4 Å². The molecule has 0 saturated heterocycles. The van der Waals surface area contributed by atoms with E-state index in [1.165, 1.54) is 22.3 Å². The van der Waals surface area contributed by atoms with Crippen LogP contribution in [0.15, 0.2) is 107 Å². The Morgan fingerprint density at radius 3 is 1.57 bits per heavy atom. The molecule has 0 aliphatic carbocycles. The molecular weight excluding hydrogens is 1010 g/mol. The third-order valence-electron chi connectivity index (χ3n) is 12.2. The summed E-state index contributed by atoms with van der Waals surface area (Å²) in [6.07, 6.45) is 0. The molecule has 0 spiro atoms. The lowest BCUT2D eigenvalue weighted by Crippen LogP contribution is -2.31. The third-order valence-corrected chi connectivity index (χ3v) is 15.6. The van der Waals surface area contributed by atoms with E-state index >= 15 is 0 Å². The minimum Gasteiger partial charge on any atom is -0.378 e. The van der Waals surface area contributed by atoms with Crippen LogP contribution in [0.3, 0.4) is 0 Å². The summed E-state index contributed by atoms with van der Waals surface area (Å²) in [5.41, 5.74) is 8.95. The zero-order valence-electron chi connectivity index (χ0n) is 39.8. The van der Waals surface area contributed by atoms with Crippen LogP contribution < -0.4 is 20.1 Å². The van der Waals surface area contributed by atoms with Gasteiger partial charge in [0.2, 0.25) is 10.0 Å². The molecule has 0 radical (unpaired) electrons. The van der Waals surface area contributed by atoms with Gasteiger partial charge in [0, 0.05) is 102 Å². The number of hydrogen-bond donors (Lipinski definition) is 4. The monoisotopic (exact) mass is 1070 g/mol. The molecule has 2 heterocycles. The van der Waals surface area contributed by atoms with Gasteiger partial charge >= 0.3 is 0 Å². The predicted molar refractivity (Wildman–Crippen MR) is 284 cm³/mol. The van der Waals surface area contributed by atoms with Crippen LogP contribution >= 0.6 is 58.4 Å². The van der Waals surface area contributed by atoms with Gasteiger partial charge in [0.1, 0.15) is 0 Å². The van der Waals surface area contributed by atoms with Gasteiger partial charge in [0.05, 0.1) is 57.8 Å². The minimum atomic E-state index is -3.74. The summed E-state index contributed by atoms with van der Waals surface area (Å²) < 4.78 is 55.3. The van der Waals surface area contributed by atoms with Crippen molar-refractivity contribution in [2.45, 2.75) is 47.8 Å². The van der Waals surface area contributed by atoms with E-state index < -0.39 is 10.0 Å². The zero-order valence-corrected chi connectivity index (χ0v) is 44.4. The van der Waals surface area contributed by atoms with E-state index in [-0.39, 0.29) is 29.9 Å². The number of hydrogen-bond acceptors (Lipinski definition) is 12. The average molecular weight is 1080 g/mol. The van der Waals surface area contributed by atoms with Crippen molar-refractivity contribution in [1.29, 1.82) is 0 Å². The van der Waals surface area contributed by atoms with E-state index in [1.54, 1.807) is 36.2 Å². The maximum Gasteiger partial charge on any atom is 0.240 e. The first-order valence-corrected chi connectivity index (χ1v) is 27.5. The Labute approximate surface area is 438 Å². The van der Waals surface area contributed by atoms with E-state index in [0.717, 1.165) is 78.0 Å². The first kappa shape index (κ1) is 54.9. The fraction of sp³-hybridized carbons (Fsp3) is 0.423. The molecule has 5 aromatic rings. The molecule has 70 heavy (non-hydrogen) atoms. The fourth-order valence-electron chi connectivity index (χ4n) is 8.71. The van der Waals surface area contributed by atoms with Crippen molar-refractivity contribution in [2.75, 3.05) is 106 Å². The number of ether oxygens (including phenoxy) is 4. The fourth-order valence-corrected chi connectivity index (χ4v) is 11.6. The Morgan fingerprint density at radius 1 is 0.571 bits per heavy atom. The summed E-state index contributed by atoms with van der Waals surface area (Å²) in [4.78, 5) is 5.84. The third kappa shape index (κ3) is 16.6. The highest BCUT2D eigenvalue weighted by molar-refractivity contribution is 7.97. The van der Waals surface area contributed by atoms with Gasteiger partial charge in [-0.2, -0.15) is 0 Å². The Bertz CT molecular complexity index is 2560. The first-order valence-electron chi connectivity index (χ1n) is 23.7. The number of likely N-dealkylation sites (N-methyl/N-ethyl adjacent to an activating group) is 2. The SMILES string of the molecule is CN1Cc2c(Cl)cc(Cl)cc2C(c2cccc(SNCCOCCOCCNCc3ccc(CNCCOCCOCCNS(=O)(=O)c4cccc(C5CN(C)Cc6c(Cl)cc(Cl)cc65)c4)cc3)c2)C1. The van der Waals surface area contributed by atoms with Crippen LogP contribution in [0.4, 0.5) is 0 Å². The molecule has 4 N–H and O–H groups in total. The maximum atomic E-state index is 13.2. The lowest BCUT2D eigenvalue weighted by Gasteiger charge is -2.33. The van der Waals surface area contributed by atoms with Gasteiger partial charge in [0.15, 0.2) is 0 Å². The van der Waals surface area contributed by atoms with Crippen molar-refractivity contribution in [3.8, 4) is 0 Å². The van der Waals surface area contributed by atoms with Gasteiger partial charge < -0.3 is 39.4 Å². The van der Waals surface area contributed by atoms with Gasteiger partial charge in [-0.15, -0.1) is 0 Å². The summed E-state index contributed by atoms with van der Waals surface area (Å²) in [7, 11) is 0.413. The summed E-state index contributed by atoms with van der Waals surface area (Å²) >= 11 is 27.5. The van der Waals surface area contributed by atoms with E-state index in [0.29, 0.717) is 74.4 Å². The number of nitrogens with zero attached hydrogens (tertiary/aromatic N) is 2. The number of benzene rings is 5. The molecule has 2 aliphatic heterocycles. The highest BCUT2D eigenvalue weighted by Gasteiger charge is 2.29. The number of rotatable bonds is 28. The second-order valence-electron chi connectivity index (χ2n) is 17.6. The topological polar surface area (TPSA) is 126 Å². The van der Waals surface area contributed by atoms with Gasteiger partial charge in [-0.3, -0.25) is 4.72 Å². The summed E-state index contributed by atoms with van der Waals surface area (Å²) in [5, 5.41) is 9.44. The van der Waals surface area contributed by atoms with Crippen LogP contribution in [0, 0.1) is 0 Å². The first-order chi connectivity index (χ1) is 33.9. The van der Waals surface area contributed by atoms with Crippen molar-refractivity contribution in [3.05, 3.63) is 162 Å². The second kappa shape index (κ2) is 28.0. The smallest absolute Gasteiger partial charge is 0.240 e. The molecule has 0 fully saturated rings. The molecule has 0 amide bonds. The lowest BCUT2D eigenvalue weighted by atomic mass is 9.85. The molecule has 0 bridgehead atoms. The van der Waals surface area contributed by atoms with Gasteiger partial charge in [-0.25, -0.2) is 13.1 Å². The molecular formula is C52H64Cl4N6O6S2. The Morgan fingerprint density at radius 2 is 1.04 bits per heavy atom. The van der Waals surface area contributed by atoms with E-state index in [4.69, 9.17) is 65.4 Å². The Balaban J connectivity index is 0.659. The summed E-state index contributed by atoms with van der Waals surface area (Å²) in [6, 6.07) is 31.8. The molecule has 7 rings (SSSR count). The highest BCUT2D eigenvalue weighted by Crippen LogP contribution is 2.40. The van der Waals surface area contributed by atoms with Gasteiger partial charge in [-0.05, 0) is 119 Å². The number of halogens is 4. The molecule has 2 unspecified atom stereocenters. The largest absolute Gasteiger partial charge is 0.378 e. The van der Waals surface area contributed by atoms with Crippen molar-refractivity contribution in [2.24, 2.45) is 0 Å². The molecule has 378 valence electrons. The van der Waals surface area contributed by atoms with Crippen LogP contribution in [0.5, 0.6) is 0 Å². The van der Waals surface area contributed by atoms with E-state index in [1.807, 2.05) is 25.2 Å². The number of sulfonamides is 1. The molecule has 2 atom stereocenters. The van der Waals surface area contributed by atoms with Crippen molar-refractivity contribution in [3.63, 3.8) is 0 Å². The van der Waals surface area contributed by atoms with Crippen LogP contribution in [0.25, 0.3) is 0 Å². The van der Waals surface area contributed by atoms with Crippen LogP contribution in [0.2, 0.25) is 20.1 Å². The average Bonchev–Trinajstić information content (AvgIpc) is 3.34. The molecule has 0 saturated carbocycles. The standard InChI is InChI=1S/C52H64Cl4N6O6S2/c1-61-33-47(45-27-41(53)29-51(55)49(45)35-61)39-5-3-7-43(25-39)69-59-15-19-67-23-21-65-17-13-57-31-37-9-11-38(12-10-37)32-58-14-18-66-22-24-68-20-16-60-70(63,64)44-8-4-6-40(26-44)48-34-62(2)36-50-46(48)28-42(54)30-52(50)56/h3-12,25-30,47-48,57-60H,13-24,31-36H2,1-2H3. The Kier molecular flexibility index (Phi) is 22.0. The molecule has 5 aromatic carbocycles. The predicted octanol–water partition coefficient (Wildman–Crippen LogP) is 8.98. The number of nitrogens with one attached hydrogen (secondary N) is 4. The van der Waals surface area contributed by atoms with E-state index in [9.17, 15) is 8.42 Å². The highest BCUT2D eigenvalue weighted by atomic mass is 35.5. The lowest BCUT2D eigenvalue weighted by molar-refractivity contribution is 0.0510. The quantitative estimate of drug-likeness (QED) is 0.0283. The Hall–Kier alpha value is -2.84.